The predicted octanol–water partition coefficient (Wildman–Crippen LogP) is 4.72. The number of rotatable bonds is 10. The third-order valence-electron chi connectivity index (χ3n) is 6.77. The van der Waals surface area contributed by atoms with Crippen LogP contribution in [-0.4, -0.2) is 61.6 Å². The first-order valence-corrected chi connectivity index (χ1v) is 13.1. The molecule has 37 heavy (non-hydrogen) atoms. The molecule has 0 saturated carbocycles. The summed E-state index contributed by atoms with van der Waals surface area (Å²) >= 11 is 0. The topological polar surface area (TPSA) is 87.0 Å². The van der Waals surface area contributed by atoms with E-state index in [0.29, 0.717) is 23.9 Å². The van der Waals surface area contributed by atoms with E-state index in [1.165, 1.54) is 5.56 Å². The molecule has 2 aromatic heterocycles. The lowest BCUT2D eigenvalue weighted by molar-refractivity contribution is 0.211. The molecule has 2 N–H and O–H groups in total. The zero-order valence-electron chi connectivity index (χ0n) is 21.6. The third kappa shape index (κ3) is 6.42. The Morgan fingerprint density at radius 1 is 0.892 bits per heavy atom. The van der Waals surface area contributed by atoms with Crippen LogP contribution in [0.5, 0.6) is 0 Å². The predicted molar refractivity (Wildman–Crippen MR) is 149 cm³/mol. The lowest BCUT2D eigenvalue weighted by Crippen LogP contribution is -2.39. The fourth-order valence-electron chi connectivity index (χ4n) is 4.65. The van der Waals surface area contributed by atoms with E-state index in [4.69, 9.17) is 15.0 Å². The molecule has 0 atom stereocenters. The van der Waals surface area contributed by atoms with Crippen molar-refractivity contribution in [1.29, 1.82) is 0 Å². The molecule has 3 heterocycles. The largest absolute Gasteiger partial charge is 0.351 e. The van der Waals surface area contributed by atoms with E-state index < -0.39 is 0 Å². The van der Waals surface area contributed by atoms with Gasteiger partial charge in [-0.2, -0.15) is 15.0 Å². The van der Waals surface area contributed by atoms with Crippen molar-refractivity contribution in [2.24, 2.45) is 0 Å². The molecule has 2 aromatic carbocycles. The second-order valence-corrected chi connectivity index (χ2v) is 9.28. The van der Waals surface area contributed by atoms with Gasteiger partial charge >= 0.3 is 0 Å². The molecule has 5 rings (SSSR count). The molecule has 1 aliphatic rings. The van der Waals surface area contributed by atoms with Crippen molar-refractivity contribution in [3.63, 3.8) is 0 Å². The summed E-state index contributed by atoms with van der Waals surface area (Å²) in [6.45, 7) is 8.99. The molecule has 0 aliphatic carbocycles. The zero-order chi connectivity index (χ0) is 25.5. The molecule has 1 aliphatic heterocycles. The van der Waals surface area contributed by atoms with E-state index in [9.17, 15) is 0 Å². The summed E-state index contributed by atoms with van der Waals surface area (Å²) in [6, 6.07) is 19.1. The van der Waals surface area contributed by atoms with E-state index in [1.54, 1.807) is 12.5 Å². The molecule has 0 radical (unpaired) electrons. The summed E-state index contributed by atoms with van der Waals surface area (Å²) in [5.41, 5.74) is 3.33. The number of nitrogens with one attached hydrogen (secondary N) is 2. The highest BCUT2D eigenvalue weighted by atomic mass is 15.3. The van der Waals surface area contributed by atoms with Gasteiger partial charge in [0.15, 0.2) is 0 Å². The number of nitrogens with zero attached hydrogens (tertiary/aromatic N) is 7. The van der Waals surface area contributed by atoms with Gasteiger partial charge in [-0.3, -0.25) is 4.90 Å². The van der Waals surface area contributed by atoms with Crippen LogP contribution in [0.2, 0.25) is 0 Å². The van der Waals surface area contributed by atoms with Crippen LogP contribution in [0, 0.1) is 0 Å². The summed E-state index contributed by atoms with van der Waals surface area (Å²) in [5, 5.41) is 6.97. The lowest BCUT2D eigenvalue weighted by Gasteiger charge is -2.32. The molecule has 192 valence electrons. The van der Waals surface area contributed by atoms with Crippen LogP contribution in [0.15, 0.2) is 73.3 Å². The maximum Gasteiger partial charge on any atom is 0.233 e. The number of hydrogen-bond donors (Lipinski definition) is 2. The number of benzene rings is 2. The standard InChI is InChI=1S/C28H35N9/c1-3-36(4-2)28-33-26(30-23-10-12-25(13-11-23)37-19-16-29-21-37)32-27(34-28)31-24-14-17-35(18-15-24)20-22-8-6-5-7-9-22/h5-13,16,19,21,24H,3-4,14-15,17-18,20H2,1-2H3,(H2,30,31,32,33,34). The number of imidazole rings is 1. The summed E-state index contributed by atoms with van der Waals surface area (Å²) in [5.74, 6) is 1.84. The van der Waals surface area contributed by atoms with Gasteiger partial charge in [-0.25, -0.2) is 4.98 Å². The monoisotopic (exact) mass is 497 g/mol. The zero-order valence-corrected chi connectivity index (χ0v) is 21.6. The van der Waals surface area contributed by atoms with Gasteiger partial charge in [0, 0.05) is 62.5 Å². The van der Waals surface area contributed by atoms with E-state index in [0.717, 1.165) is 56.9 Å². The molecular weight excluding hydrogens is 462 g/mol. The van der Waals surface area contributed by atoms with E-state index in [2.05, 4.69) is 69.6 Å². The van der Waals surface area contributed by atoms with Crippen molar-refractivity contribution >= 4 is 23.5 Å². The number of hydrogen-bond acceptors (Lipinski definition) is 8. The Labute approximate surface area is 218 Å². The Morgan fingerprint density at radius 3 is 2.30 bits per heavy atom. The molecule has 0 amide bonds. The maximum absolute atomic E-state index is 4.77. The number of aromatic nitrogens is 5. The normalized spacial score (nSPS) is 14.4. The van der Waals surface area contributed by atoms with Crippen LogP contribution >= 0.6 is 0 Å². The first-order chi connectivity index (χ1) is 18.2. The van der Waals surface area contributed by atoms with Gasteiger partial charge in [-0.15, -0.1) is 0 Å². The van der Waals surface area contributed by atoms with Gasteiger partial charge in [-0.1, -0.05) is 30.3 Å². The lowest BCUT2D eigenvalue weighted by atomic mass is 10.0. The second kappa shape index (κ2) is 11.8. The minimum absolute atomic E-state index is 0.335. The SMILES string of the molecule is CCN(CC)c1nc(Nc2ccc(-n3ccnc3)cc2)nc(NC2CCN(Cc3ccccc3)CC2)n1. The summed E-state index contributed by atoms with van der Waals surface area (Å²) < 4.78 is 1.97. The smallest absolute Gasteiger partial charge is 0.233 e. The molecule has 4 aromatic rings. The first kappa shape index (κ1) is 24.7. The number of anilines is 4. The minimum Gasteiger partial charge on any atom is -0.351 e. The Bertz CT molecular complexity index is 1230. The van der Waals surface area contributed by atoms with Crippen LogP contribution < -0.4 is 15.5 Å². The van der Waals surface area contributed by atoms with Gasteiger partial charge in [0.05, 0.1) is 6.33 Å². The van der Waals surface area contributed by atoms with Gasteiger partial charge in [0.2, 0.25) is 17.8 Å². The van der Waals surface area contributed by atoms with Crippen molar-refractivity contribution in [1.82, 2.24) is 29.4 Å². The first-order valence-electron chi connectivity index (χ1n) is 13.1. The molecular formula is C28H35N9. The van der Waals surface area contributed by atoms with E-state index >= 15 is 0 Å². The molecule has 1 fully saturated rings. The average Bonchev–Trinajstić information content (AvgIpc) is 3.47. The van der Waals surface area contributed by atoms with Crippen molar-refractivity contribution in [3.8, 4) is 5.69 Å². The highest BCUT2D eigenvalue weighted by molar-refractivity contribution is 5.58. The summed E-state index contributed by atoms with van der Waals surface area (Å²) in [4.78, 5) is 23.0. The van der Waals surface area contributed by atoms with Gasteiger partial charge < -0.3 is 20.1 Å². The summed E-state index contributed by atoms with van der Waals surface area (Å²) in [6.07, 6.45) is 7.59. The molecule has 9 nitrogen and oxygen atoms in total. The van der Waals surface area contributed by atoms with Gasteiger partial charge in [-0.05, 0) is 56.5 Å². The highest BCUT2D eigenvalue weighted by Crippen LogP contribution is 2.22. The van der Waals surface area contributed by atoms with Gasteiger partial charge in [0.1, 0.15) is 0 Å². The Balaban J connectivity index is 1.26. The fourth-order valence-corrected chi connectivity index (χ4v) is 4.65. The molecule has 0 unspecified atom stereocenters. The van der Waals surface area contributed by atoms with E-state index in [1.807, 2.05) is 35.0 Å². The van der Waals surface area contributed by atoms with E-state index in [-0.39, 0.29) is 0 Å². The Morgan fingerprint density at radius 2 is 1.62 bits per heavy atom. The second-order valence-electron chi connectivity index (χ2n) is 9.28. The molecule has 9 heteroatoms. The third-order valence-corrected chi connectivity index (χ3v) is 6.77. The Hall–Kier alpha value is -3.98. The van der Waals surface area contributed by atoms with Crippen LogP contribution in [0.3, 0.4) is 0 Å². The van der Waals surface area contributed by atoms with Crippen molar-refractivity contribution in [2.75, 3.05) is 41.7 Å². The number of piperidine rings is 1. The average molecular weight is 498 g/mol. The fraction of sp³-hybridized carbons (Fsp3) is 0.357. The number of likely N-dealkylation sites (tertiary alicyclic amines) is 1. The molecule has 0 spiro atoms. The van der Waals surface area contributed by atoms with Gasteiger partial charge in [0.25, 0.3) is 0 Å². The Kier molecular flexibility index (Phi) is 7.90. The molecule has 0 bridgehead atoms. The highest BCUT2D eigenvalue weighted by Gasteiger charge is 2.21. The van der Waals surface area contributed by atoms with Crippen molar-refractivity contribution in [2.45, 2.75) is 39.3 Å². The van der Waals surface area contributed by atoms with Crippen LogP contribution in [-0.2, 0) is 6.54 Å². The van der Waals surface area contributed by atoms with Crippen LogP contribution in [0.25, 0.3) is 5.69 Å². The quantitative estimate of drug-likeness (QED) is 0.325. The minimum atomic E-state index is 0.335. The summed E-state index contributed by atoms with van der Waals surface area (Å²) in [7, 11) is 0. The van der Waals surface area contributed by atoms with Crippen molar-refractivity contribution in [3.05, 3.63) is 78.9 Å². The van der Waals surface area contributed by atoms with Crippen LogP contribution in [0.4, 0.5) is 23.5 Å². The maximum atomic E-state index is 4.77. The van der Waals surface area contributed by atoms with Crippen molar-refractivity contribution < 1.29 is 0 Å². The van der Waals surface area contributed by atoms with Crippen LogP contribution in [0.1, 0.15) is 32.3 Å². The molecule has 1 saturated heterocycles.